The van der Waals surface area contributed by atoms with Crippen LogP contribution in [0.3, 0.4) is 0 Å². The van der Waals surface area contributed by atoms with Crippen molar-refractivity contribution in [1.29, 1.82) is 0 Å². The van der Waals surface area contributed by atoms with Gasteiger partial charge in [0.15, 0.2) is 0 Å². The van der Waals surface area contributed by atoms with Crippen LogP contribution in [0.15, 0.2) is 53.0 Å². The Balaban J connectivity index is 2.14. The van der Waals surface area contributed by atoms with Crippen molar-refractivity contribution in [3.8, 4) is 0 Å². The average molecular weight is 326 g/mol. The predicted molar refractivity (Wildman–Crippen MR) is 83.1 cm³/mol. The number of rotatable bonds is 5. The molecule has 0 aliphatic carbocycles. The number of halogens is 2. The summed E-state index contributed by atoms with van der Waals surface area (Å²) in [4.78, 5) is 0. The zero-order chi connectivity index (χ0) is 12.8. The molecular weight excluding hydrogens is 312 g/mol. The Bertz CT molecular complexity index is 502. The van der Waals surface area contributed by atoms with E-state index >= 15 is 0 Å². The molecule has 2 aromatic carbocycles. The third-order valence-electron chi connectivity index (χ3n) is 2.44. The van der Waals surface area contributed by atoms with Gasteiger partial charge in [0, 0.05) is 28.3 Å². The van der Waals surface area contributed by atoms with E-state index in [1.54, 1.807) is 0 Å². The zero-order valence-corrected chi connectivity index (χ0v) is 12.1. The van der Waals surface area contributed by atoms with Gasteiger partial charge in [-0.15, -0.1) is 11.6 Å². The van der Waals surface area contributed by atoms with Crippen molar-refractivity contribution in [2.75, 3.05) is 23.1 Å². The van der Waals surface area contributed by atoms with Crippen molar-refractivity contribution in [1.82, 2.24) is 0 Å². The molecule has 0 radical (unpaired) electrons. The Morgan fingerprint density at radius 2 is 1.78 bits per heavy atom. The summed E-state index contributed by atoms with van der Waals surface area (Å²) < 4.78 is 1.03. The second-order valence-corrected chi connectivity index (χ2v) is 5.03. The molecule has 0 aliphatic heterocycles. The zero-order valence-electron chi connectivity index (χ0n) is 9.79. The predicted octanol–water partition coefficient (Wildman–Crippen LogP) is 4.84. The Morgan fingerprint density at radius 3 is 2.50 bits per heavy atom. The third-order valence-corrected chi connectivity index (χ3v) is 3.32. The lowest BCUT2D eigenvalue weighted by atomic mass is 10.2. The Labute approximate surface area is 120 Å². The lowest BCUT2D eigenvalue weighted by Gasteiger charge is -2.11. The molecule has 0 spiro atoms. The molecule has 0 saturated heterocycles. The molecule has 2 N–H and O–H groups in total. The van der Waals surface area contributed by atoms with Crippen molar-refractivity contribution < 1.29 is 0 Å². The van der Waals surface area contributed by atoms with Crippen LogP contribution in [-0.2, 0) is 0 Å². The average Bonchev–Trinajstić information content (AvgIpc) is 2.40. The normalized spacial score (nSPS) is 10.1. The van der Waals surface area contributed by atoms with Crippen LogP contribution in [0, 0.1) is 0 Å². The minimum absolute atomic E-state index is 0.586. The summed E-state index contributed by atoms with van der Waals surface area (Å²) in [6.07, 6.45) is 0. The van der Waals surface area contributed by atoms with Crippen molar-refractivity contribution >= 4 is 44.6 Å². The molecule has 0 unspecified atom stereocenters. The first-order valence-corrected chi connectivity index (χ1v) is 7.04. The number of hydrogen-bond acceptors (Lipinski definition) is 2. The second-order valence-electron chi connectivity index (χ2n) is 3.80. The van der Waals surface area contributed by atoms with Crippen LogP contribution in [0.5, 0.6) is 0 Å². The Morgan fingerprint density at radius 1 is 1.00 bits per heavy atom. The minimum Gasteiger partial charge on any atom is -0.383 e. The van der Waals surface area contributed by atoms with Gasteiger partial charge in [-0.2, -0.15) is 0 Å². The topological polar surface area (TPSA) is 24.1 Å². The molecule has 2 aromatic rings. The van der Waals surface area contributed by atoms with E-state index in [9.17, 15) is 0 Å². The number of hydrogen-bond donors (Lipinski definition) is 2. The van der Waals surface area contributed by atoms with Gasteiger partial charge in [0.2, 0.25) is 0 Å². The first kappa shape index (κ1) is 13.2. The number of benzene rings is 2. The van der Waals surface area contributed by atoms with Gasteiger partial charge in [-0.05, 0) is 46.3 Å². The molecule has 2 rings (SSSR count). The maximum atomic E-state index is 5.68. The van der Waals surface area contributed by atoms with Gasteiger partial charge in [0.1, 0.15) is 0 Å². The third kappa shape index (κ3) is 3.65. The molecule has 0 fully saturated rings. The molecule has 0 atom stereocenters. The van der Waals surface area contributed by atoms with E-state index in [4.69, 9.17) is 11.6 Å². The van der Waals surface area contributed by atoms with Crippen LogP contribution in [0.25, 0.3) is 0 Å². The van der Waals surface area contributed by atoms with Gasteiger partial charge in [-0.1, -0.05) is 18.2 Å². The largest absolute Gasteiger partial charge is 0.383 e. The standard InChI is InChI=1S/C14H14BrClN2/c15-13-7-6-12(10-14(13)17-9-8-16)18-11-4-2-1-3-5-11/h1-7,10,17-18H,8-9H2. The summed E-state index contributed by atoms with van der Waals surface area (Å²) in [5.41, 5.74) is 3.15. The molecule has 0 heterocycles. The lowest BCUT2D eigenvalue weighted by molar-refractivity contribution is 1.22. The van der Waals surface area contributed by atoms with E-state index in [2.05, 4.69) is 32.6 Å². The van der Waals surface area contributed by atoms with Crippen LogP contribution < -0.4 is 10.6 Å². The minimum atomic E-state index is 0.586. The summed E-state index contributed by atoms with van der Waals surface area (Å²) >= 11 is 9.19. The molecule has 0 aromatic heterocycles. The molecule has 94 valence electrons. The van der Waals surface area contributed by atoms with E-state index in [-0.39, 0.29) is 0 Å². The van der Waals surface area contributed by atoms with Gasteiger partial charge in [-0.3, -0.25) is 0 Å². The number of anilines is 3. The second kappa shape index (κ2) is 6.66. The molecule has 2 nitrogen and oxygen atoms in total. The van der Waals surface area contributed by atoms with Gasteiger partial charge >= 0.3 is 0 Å². The highest BCUT2D eigenvalue weighted by Gasteiger charge is 2.01. The monoisotopic (exact) mass is 324 g/mol. The highest BCUT2D eigenvalue weighted by atomic mass is 79.9. The van der Waals surface area contributed by atoms with Crippen LogP contribution >= 0.6 is 27.5 Å². The van der Waals surface area contributed by atoms with E-state index in [1.807, 2.05) is 42.5 Å². The Hall–Kier alpha value is -1.19. The Kier molecular flexibility index (Phi) is 4.90. The number of nitrogens with one attached hydrogen (secondary N) is 2. The first-order valence-electron chi connectivity index (χ1n) is 5.71. The van der Waals surface area contributed by atoms with Gasteiger partial charge in [-0.25, -0.2) is 0 Å². The molecule has 0 bridgehead atoms. The smallest absolute Gasteiger partial charge is 0.0505 e. The molecule has 0 aliphatic rings. The highest BCUT2D eigenvalue weighted by Crippen LogP contribution is 2.27. The molecule has 0 saturated carbocycles. The van der Waals surface area contributed by atoms with Crippen molar-refractivity contribution in [2.24, 2.45) is 0 Å². The van der Waals surface area contributed by atoms with E-state index in [1.165, 1.54) is 0 Å². The summed E-state index contributed by atoms with van der Waals surface area (Å²) in [6, 6.07) is 16.2. The van der Waals surface area contributed by atoms with Gasteiger partial charge in [0.25, 0.3) is 0 Å². The van der Waals surface area contributed by atoms with Crippen molar-refractivity contribution in [2.45, 2.75) is 0 Å². The number of alkyl halides is 1. The van der Waals surface area contributed by atoms with Crippen LogP contribution in [0.1, 0.15) is 0 Å². The molecule has 4 heteroatoms. The van der Waals surface area contributed by atoms with Gasteiger partial charge in [0.05, 0.1) is 5.69 Å². The lowest BCUT2D eigenvalue weighted by Crippen LogP contribution is -2.03. The van der Waals surface area contributed by atoms with Crippen LogP contribution in [0.4, 0.5) is 17.1 Å². The summed E-state index contributed by atoms with van der Waals surface area (Å²) in [5, 5.41) is 6.62. The van der Waals surface area contributed by atoms with Gasteiger partial charge < -0.3 is 10.6 Å². The van der Waals surface area contributed by atoms with E-state index in [0.717, 1.165) is 28.1 Å². The fourth-order valence-electron chi connectivity index (χ4n) is 1.61. The SMILES string of the molecule is ClCCNc1cc(Nc2ccccc2)ccc1Br. The van der Waals surface area contributed by atoms with E-state index < -0.39 is 0 Å². The molecule has 18 heavy (non-hydrogen) atoms. The van der Waals surface area contributed by atoms with Crippen molar-refractivity contribution in [3.63, 3.8) is 0 Å². The summed E-state index contributed by atoms with van der Waals surface area (Å²) in [7, 11) is 0. The van der Waals surface area contributed by atoms with Crippen molar-refractivity contribution in [3.05, 3.63) is 53.0 Å². The quantitative estimate of drug-likeness (QED) is 0.768. The van der Waals surface area contributed by atoms with Crippen LogP contribution in [-0.4, -0.2) is 12.4 Å². The fraction of sp³-hybridized carbons (Fsp3) is 0.143. The van der Waals surface area contributed by atoms with Crippen LogP contribution in [0.2, 0.25) is 0 Å². The molecule has 0 amide bonds. The summed E-state index contributed by atoms with van der Waals surface area (Å²) in [5.74, 6) is 0.586. The maximum absolute atomic E-state index is 5.68. The molecular formula is C14H14BrClN2. The number of para-hydroxylation sites is 1. The maximum Gasteiger partial charge on any atom is 0.0505 e. The van der Waals surface area contributed by atoms with E-state index in [0.29, 0.717) is 5.88 Å². The first-order chi connectivity index (χ1) is 8.79. The highest BCUT2D eigenvalue weighted by molar-refractivity contribution is 9.10. The summed E-state index contributed by atoms with van der Waals surface area (Å²) in [6.45, 7) is 0.745. The fourth-order valence-corrected chi connectivity index (χ4v) is 2.09.